The number of benzene rings is 2. The smallest absolute Gasteiger partial charge is 0.408 e. The van der Waals surface area contributed by atoms with Crippen molar-refractivity contribution in [3.8, 4) is 0 Å². The summed E-state index contributed by atoms with van der Waals surface area (Å²) in [4.78, 5) is 54.5. The highest BCUT2D eigenvalue weighted by Gasteiger charge is 2.42. The van der Waals surface area contributed by atoms with Gasteiger partial charge < -0.3 is 25.0 Å². The predicted molar refractivity (Wildman–Crippen MR) is 151 cm³/mol. The molecule has 0 aliphatic heterocycles. The number of amides is 3. The molecule has 0 aromatic heterocycles. The van der Waals surface area contributed by atoms with Crippen molar-refractivity contribution in [1.82, 2.24) is 15.5 Å². The Morgan fingerprint density at radius 2 is 1.68 bits per heavy atom. The summed E-state index contributed by atoms with van der Waals surface area (Å²) in [7, 11) is 1.25. The van der Waals surface area contributed by atoms with E-state index in [2.05, 4.69) is 10.6 Å². The molecule has 9 heteroatoms. The highest BCUT2D eigenvalue weighted by Crippen LogP contribution is 2.34. The monoisotopic (exact) mass is 551 g/mol. The maximum atomic E-state index is 14.4. The third-order valence-electron chi connectivity index (χ3n) is 7.00. The van der Waals surface area contributed by atoms with Crippen LogP contribution in [-0.4, -0.2) is 60.1 Å². The van der Waals surface area contributed by atoms with Gasteiger partial charge >= 0.3 is 12.1 Å². The van der Waals surface area contributed by atoms with Crippen molar-refractivity contribution >= 4 is 23.9 Å². The van der Waals surface area contributed by atoms with Gasteiger partial charge in [-0.3, -0.25) is 14.4 Å². The Morgan fingerprint density at radius 3 is 2.23 bits per heavy atom. The zero-order chi connectivity index (χ0) is 29.4. The summed E-state index contributed by atoms with van der Waals surface area (Å²) in [6.45, 7) is 8.85. The topological polar surface area (TPSA) is 114 Å². The minimum absolute atomic E-state index is 0.207. The second kappa shape index (κ2) is 13.5. The van der Waals surface area contributed by atoms with Gasteiger partial charge in [0, 0.05) is 12.5 Å². The van der Waals surface area contributed by atoms with Crippen LogP contribution in [0.15, 0.2) is 48.5 Å². The van der Waals surface area contributed by atoms with Gasteiger partial charge in [0.25, 0.3) is 0 Å². The van der Waals surface area contributed by atoms with Gasteiger partial charge in [-0.15, -0.1) is 0 Å². The summed E-state index contributed by atoms with van der Waals surface area (Å²) < 4.78 is 10.2. The first-order chi connectivity index (χ1) is 18.9. The molecule has 2 aromatic rings. The fraction of sp³-hybridized carbons (Fsp3) is 0.484. The Hall–Kier alpha value is -3.88. The van der Waals surface area contributed by atoms with E-state index in [1.807, 2.05) is 62.4 Å². The van der Waals surface area contributed by atoms with Crippen LogP contribution in [0.2, 0.25) is 0 Å². The van der Waals surface area contributed by atoms with E-state index in [0.717, 1.165) is 36.0 Å². The number of esters is 1. The van der Waals surface area contributed by atoms with Crippen LogP contribution in [0.4, 0.5) is 4.79 Å². The fourth-order valence-corrected chi connectivity index (χ4v) is 4.56. The number of aryl methyl sites for hydroxylation is 2. The number of carbonyl (C=O) groups is 4. The first-order valence-electron chi connectivity index (χ1n) is 13.7. The number of alkyl carbamates (subject to hydrolysis) is 1. The van der Waals surface area contributed by atoms with Crippen LogP contribution < -0.4 is 10.6 Å². The van der Waals surface area contributed by atoms with Gasteiger partial charge in [0.15, 0.2) is 0 Å². The molecule has 1 saturated carbocycles. The van der Waals surface area contributed by atoms with Crippen molar-refractivity contribution in [3.05, 3.63) is 70.8 Å². The minimum atomic E-state index is -1.01. The second-order valence-corrected chi connectivity index (χ2v) is 11.3. The number of hydrogen-bond acceptors (Lipinski definition) is 6. The van der Waals surface area contributed by atoms with Crippen molar-refractivity contribution in [1.29, 1.82) is 0 Å². The van der Waals surface area contributed by atoms with E-state index in [9.17, 15) is 19.2 Å². The quantitative estimate of drug-likeness (QED) is 0.429. The molecule has 2 atom stereocenters. The van der Waals surface area contributed by atoms with Crippen LogP contribution in [0.3, 0.4) is 0 Å². The van der Waals surface area contributed by atoms with Crippen LogP contribution in [0.1, 0.15) is 68.3 Å². The third kappa shape index (κ3) is 8.31. The van der Waals surface area contributed by atoms with Crippen LogP contribution in [0.25, 0.3) is 0 Å². The summed E-state index contributed by atoms with van der Waals surface area (Å²) in [6.07, 6.45) is 1.86. The van der Waals surface area contributed by atoms with Gasteiger partial charge in [-0.2, -0.15) is 0 Å². The summed E-state index contributed by atoms with van der Waals surface area (Å²) >= 11 is 0. The predicted octanol–water partition coefficient (Wildman–Crippen LogP) is 4.15. The zero-order valence-electron chi connectivity index (χ0n) is 24.3. The van der Waals surface area contributed by atoms with Crippen LogP contribution in [0.5, 0.6) is 0 Å². The third-order valence-corrected chi connectivity index (χ3v) is 7.00. The lowest BCUT2D eigenvalue weighted by atomic mass is 9.87. The van der Waals surface area contributed by atoms with Gasteiger partial charge in [0.2, 0.25) is 11.8 Å². The number of nitrogens with zero attached hydrogens (tertiary/aromatic N) is 1. The number of ether oxygens (including phenoxy) is 2. The van der Waals surface area contributed by atoms with Crippen molar-refractivity contribution in [2.45, 2.75) is 84.0 Å². The van der Waals surface area contributed by atoms with E-state index in [1.165, 1.54) is 7.11 Å². The Balaban J connectivity index is 2.04. The SMILES string of the molecule is COC(=O)CNC(=O)C(c1ccc(C)c(C)c1)N(C(=O)C(Cc1ccccc1)NC(=O)OC(C)(C)C)C1CCC1. The Morgan fingerprint density at radius 1 is 1.00 bits per heavy atom. The second-order valence-electron chi connectivity index (χ2n) is 11.3. The maximum Gasteiger partial charge on any atom is 0.408 e. The molecule has 0 saturated heterocycles. The van der Waals surface area contributed by atoms with E-state index in [4.69, 9.17) is 9.47 Å². The number of methoxy groups -OCH3 is 1. The lowest BCUT2D eigenvalue weighted by Gasteiger charge is -2.43. The Bertz CT molecular complexity index is 1200. The highest BCUT2D eigenvalue weighted by molar-refractivity contribution is 5.93. The maximum absolute atomic E-state index is 14.4. The molecule has 9 nitrogen and oxygen atoms in total. The lowest BCUT2D eigenvalue weighted by Crippen LogP contribution is -2.58. The zero-order valence-corrected chi connectivity index (χ0v) is 24.3. The van der Waals surface area contributed by atoms with Crippen molar-refractivity contribution in [3.63, 3.8) is 0 Å². The normalized spacial score (nSPS) is 14.8. The average molecular weight is 552 g/mol. The summed E-state index contributed by atoms with van der Waals surface area (Å²) in [6, 6.07) is 12.8. The van der Waals surface area contributed by atoms with E-state index < -0.39 is 41.6 Å². The molecule has 2 unspecified atom stereocenters. The molecule has 3 amide bonds. The van der Waals surface area contributed by atoms with Crippen LogP contribution >= 0.6 is 0 Å². The molecule has 0 bridgehead atoms. The van der Waals surface area contributed by atoms with Crippen LogP contribution in [0, 0.1) is 13.8 Å². The number of rotatable bonds is 10. The van der Waals surface area contributed by atoms with E-state index in [-0.39, 0.29) is 19.0 Å². The standard InChI is InChI=1S/C31H41N3O6/c1-20-15-16-23(17-21(20)2)27(28(36)32-19-26(35)39-6)34(24-13-10-14-24)29(37)25(18-22-11-8-7-9-12-22)33-30(38)40-31(3,4)5/h7-9,11-12,15-17,24-25,27H,10,13-14,18-19H2,1-6H3,(H,32,36)(H,33,38). The molecule has 0 spiro atoms. The van der Waals surface area contributed by atoms with E-state index in [0.29, 0.717) is 5.56 Å². The molecule has 0 heterocycles. The molecular weight excluding hydrogens is 510 g/mol. The highest BCUT2D eigenvalue weighted by atomic mass is 16.6. The number of carbonyl (C=O) groups excluding carboxylic acids is 4. The molecule has 2 aromatic carbocycles. The first kappa shape index (κ1) is 30.7. The van der Waals surface area contributed by atoms with E-state index >= 15 is 0 Å². The molecule has 2 N–H and O–H groups in total. The molecule has 3 rings (SSSR count). The van der Waals surface area contributed by atoms with Gasteiger partial charge in [0.1, 0.15) is 24.2 Å². The van der Waals surface area contributed by atoms with Crippen molar-refractivity contribution in [2.24, 2.45) is 0 Å². The van der Waals surface area contributed by atoms with Crippen LogP contribution in [-0.2, 0) is 30.3 Å². The summed E-state index contributed by atoms with van der Waals surface area (Å²) in [5, 5.41) is 5.42. The lowest BCUT2D eigenvalue weighted by molar-refractivity contribution is -0.148. The molecule has 1 fully saturated rings. The average Bonchev–Trinajstić information content (AvgIpc) is 2.86. The Labute approximate surface area is 236 Å². The van der Waals surface area contributed by atoms with Gasteiger partial charge in [-0.1, -0.05) is 48.5 Å². The number of hydrogen-bond donors (Lipinski definition) is 2. The molecule has 1 aliphatic carbocycles. The first-order valence-corrected chi connectivity index (χ1v) is 13.7. The molecular formula is C31H41N3O6. The molecule has 216 valence electrons. The van der Waals surface area contributed by atoms with E-state index in [1.54, 1.807) is 25.7 Å². The largest absolute Gasteiger partial charge is 0.468 e. The van der Waals surface area contributed by atoms with Crippen molar-refractivity contribution < 1.29 is 28.7 Å². The Kier molecular flexibility index (Phi) is 10.3. The molecule has 40 heavy (non-hydrogen) atoms. The minimum Gasteiger partial charge on any atom is -0.468 e. The van der Waals surface area contributed by atoms with Gasteiger partial charge in [-0.05, 0) is 76.1 Å². The van der Waals surface area contributed by atoms with Crippen molar-refractivity contribution in [2.75, 3.05) is 13.7 Å². The fourth-order valence-electron chi connectivity index (χ4n) is 4.56. The van der Waals surface area contributed by atoms with Gasteiger partial charge in [-0.25, -0.2) is 4.79 Å². The molecule has 1 aliphatic rings. The van der Waals surface area contributed by atoms with Gasteiger partial charge in [0.05, 0.1) is 7.11 Å². The number of nitrogens with one attached hydrogen (secondary N) is 2. The summed E-state index contributed by atoms with van der Waals surface area (Å²) in [5.41, 5.74) is 2.74. The molecule has 0 radical (unpaired) electrons. The summed E-state index contributed by atoms with van der Waals surface area (Å²) in [5.74, 6) is -1.48.